The van der Waals surface area contributed by atoms with E-state index in [2.05, 4.69) is 4.74 Å². The molecule has 0 amide bonds. The minimum atomic E-state index is -4.77. The van der Waals surface area contributed by atoms with Gasteiger partial charge in [0.2, 0.25) is 0 Å². The molecule has 0 atom stereocenters. The lowest BCUT2D eigenvalue weighted by molar-refractivity contribution is -0.274. The smallest absolute Gasteiger partial charge is 0.489 e. The third-order valence-corrected chi connectivity index (χ3v) is 3.05. The number of nitriles is 1. The van der Waals surface area contributed by atoms with Crippen molar-refractivity contribution >= 4 is 0 Å². The van der Waals surface area contributed by atoms with E-state index in [4.69, 9.17) is 10.00 Å². The molecule has 3 nitrogen and oxygen atoms in total. The molecule has 6 heteroatoms. The summed E-state index contributed by atoms with van der Waals surface area (Å²) < 4.78 is 46.2. The van der Waals surface area contributed by atoms with Crippen molar-refractivity contribution in [2.45, 2.75) is 26.3 Å². The van der Waals surface area contributed by atoms with Crippen molar-refractivity contribution in [3.63, 3.8) is 0 Å². The van der Waals surface area contributed by atoms with Gasteiger partial charge in [-0.15, -0.1) is 13.2 Å². The van der Waals surface area contributed by atoms with Crippen LogP contribution in [0.1, 0.15) is 16.7 Å². The van der Waals surface area contributed by atoms with Crippen LogP contribution in [0.15, 0.2) is 42.5 Å². The van der Waals surface area contributed by atoms with Crippen molar-refractivity contribution in [1.29, 1.82) is 5.26 Å². The molecule has 2 aromatic carbocycles. The predicted octanol–water partition coefficient (Wildman–Crippen LogP) is 4.54. The fraction of sp³-hybridized carbons (Fsp3) is 0.235. The summed E-state index contributed by atoms with van der Waals surface area (Å²) in [5.41, 5.74) is 2.39. The van der Waals surface area contributed by atoms with Crippen LogP contribution < -0.4 is 9.47 Å². The maximum atomic E-state index is 12.2. The third-order valence-electron chi connectivity index (χ3n) is 3.05. The Morgan fingerprint density at radius 1 is 1.09 bits per heavy atom. The zero-order valence-corrected chi connectivity index (χ0v) is 12.4. The first-order valence-electron chi connectivity index (χ1n) is 6.81. The fourth-order valence-corrected chi connectivity index (χ4v) is 1.96. The van der Waals surface area contributed by atoms with E-state index in [0.717, 1.165) is 11.1 Å². The number of benzene rings is 2. The van der Waals surface area contributed by atoms with E-state index in [-0.39, 0.29) is 18.8 Å². The summed E-state index contributed by atoms with van der Waals surface area (Å²) >= 11 is 0. The molecule has 0 aliphatic heterocycles. The van der Waals surface area contributed by atoms with Crippen LogP contribution in [0.3, 0.4) is 0 Å². The number of alkyl halides is 3. The van der Waals surface area contributed by atoms with E-state index in [1.807, 2.05) is 37.3 Å². The van der Waals surface area contributed by atoms with Crippen LogP contribution in [0.2, 0.25) is 0 Å². The van der Waals surface area contributed by atoms with Gasteiger partial charge in [0.05, 0.1) is 12.5 Å². The van der Waals surface area contributed by atoms with Crippen molar-refractivity contribution in [3.8, 4) is 17.6 Å². The number of aryl methyl sites for hydroxylation is 1. The first-order chi connectivity index (χ1) is 10.9. The average molecular weight is 321 g/mol. The zero-order chi connectivity index (χ0) is 16.9. The topological polar surface area (TPSA) is 42.2 Å². The Bertz CT molecular complexity index is 703. The lowest BCUT2D eigenvalue weighted by Gasteiger charge is -2.13. The number of halogens is 3. The summed E-state index contributed by atoms with van der Waals surface area (Å²) in [7, 11) is 0. The minimum Gasteiger partial charge on any atom is -0.489 e. The Labute approximate surface area is 131 Å². The van der Waals surface area contributed by atoms with Crippen molar-refractivity contribution in [1.82, 2.24) is 0 Å². The third kappa shape index (κ3) is 5.22. The zero-order valence-electron chi connectivity index (χ0n) is 12.4. The molecule has 0 saturated heterocycles. The summed E-state index contributed by atoms with van der Waals surface area (Å²) in [6.07, 6.45) is -4.84. The number of hydrogen-bond donors (Lipinski definition) is 0. The maximum Gasteiger partial charge on any atom is 0.573 e. The van der Waals surface area contributed by atoms with Crippen molar-refractivity contribution < 1.29 is 22.6 Å². The molecule has 120 valence electrons. The van der Waals surface area contributed by atoms with E-state index in [1.165, 1.54) is 18.2 Å². The monoisotopic (exact) mass is 321 g/mol. The molecule has 0 unspecified atom stereocenters. The molecule has 0 aliphatic carbocycles. The molecule has 0 N–H and O–H groups in total. The predicted molar refractivity (Wildman–Crippen MR) is 78.0 cm³/mol. The number of rotatable bonds is 5. The number of hydrogen-bond acceptors (Lipinski definition) is 3. The van der Waals surface area contributed by atoms with Gasteiger partial charge < -0.3 is 9.47 Å². The molecular formula is C17H14F3NO2. The molecule has 0 aliphatic rings. The van der Waals surface area contributed by atoms with Crippen LogP contribution in [0.25, 0.3) is 0 Å². The molecule has 2 rings (SSSR count). The minimum absolute atomic E-state index is 0.0711. The van der Waals surface area contributed by atoms with Crippen LogP contribution in [0.4, 0.5) is 13.2 Å². The summed E-state index contributed by atoms with van der Waals surface area (Å²) in [4.78, 5) is 0. The largest absolute Gasteiger partial charge is 0.573 e. The molecule has 0 saturated carbocycles. The Kier molecular flexibility index (Phi) is 5.12. The summed E-state index contributed by atoms with van der Waals surface area (Å²) in [5, 5.41) is 8.81. The highest BCUT2D eigenvalue weighted by molar-refractivity contribution is 5.42. The Hall–Kier alpha value is -2.68. The standard InChI is InChI=1S/C17H14F3NO2/c1-12-2-4-13(5-3-12)11-22-16-7-6-15(23-17(18,19)20)10-14(16)8-9-21/h2-7,10H,8,11H2,1H3. The van der Waals surface area contributed by atoms with Crippen LogP contribution in [-0.4, -0.2) is 6.36 Å². The van der Waals surface area contributed by atoms with E-state index in [1.54, 1.807) is 0 Å². The summed E-state index contributed by atoms with van der Waals surface area (Å²) in [6.45, 7) is 2.23. The molecular weight excluding hydrogens is 307 g/mol. The Morgan fingerprint density at radius 3 is 2.39 bits per heavy atom. The van der Waals surface area contributed by atoms with Crippen LogP contribution in [-0.2, 0) is 13.0 Å². The molecule has 2 aromatic rings. The van der Waals surface area contributed by atoms with Gasteiger partial charge in [-0.1, -0.05) is 29.8 Å². The van der Waals surface area contributed by atoms with Gasteiger partial charge in [-0.3, -0.25) is 0 Å². The molecule has 0 spiro atoms. The average Bonchev–Trinajstić information content (AvgIpc) is 2.47. The summed E-state index contributed by atoms with van der Waals surface area (Å²) in [5.74, 6) is -0.00733. The van der Waals surface area contributed by atoms with Gasteiger partial charge in [0, 0.05) is 5.56 Å². The second-order valence-corrected chi connectivity index (χ2v) is 4.93. The number of nitrogens with zero attached hydrogens (tertiary/aromatic N) is 1. The summed E-state index contributed by atoms with van der Waals surface area (Å²) in [6, 6.07) is 13.3. The molecule has 0 fully saturated rings. The Balaban J connectivity index is 2.14. The molecule has 0 radical (unpaired) electrons. The van der Waals surface area contributed by atoms with Crippen LogP contribution in [0.5, 0.6) is 11.5 Å². The SMILES string of the molecule is Cc1ccc(COc2ccc(OC(F)(F)F)cc2CC#N)cc1. The number of ether oxygens (including phenoxy) is 2. The van der Waals surface area contributed by atoms with Gasteiger partial charge in [0.1, 0.15) is 18.1 Å². The van der Waals surface area contributed by atoms with E-state index in [9.17, 15) is 13.2 Å². The second kappa shape index (κ2) is 7.05. The molecule has 23 heavy (non-hydrogen) atoms. The Morgan fingerprint density at radius 2 is 1.78 bits per heavy atom. The first-order valence-corrected chi connectivity index (χ1v) is 6.81. The van der Waals surface area contributed by atoms with Gasteiger partial charge in [-0.05, 0) is 30.7 Å². The molecule has 0 heterocycles. The van der Waals surface area contributed by atoms with Gasteiger partial charge >= 0.3 is 6.36 Å². The van der Waals surface area contributed by atoms with Crippen molar-refractivity contribution in [2.75, 3.05) is 0 Å². The quantitative estimate of drug-likeness (QED) is 0.812. The highest BCUT2D eigenvalue weighted by atomic mass is 19.4. The molecule has 0 aromatic heterocycles. The first kappa shape index (κ1) is 16.7. The second-order valence-electron chi connectivity index (χ2n) is 4.93. The van der Waals surface area contributed by atoms with Crippen LogP contribution in [0, 0.1) is 18.3 Å². The van der Waals surface area contributed by atoms with Gasteiger partial charge in [0.25, 0.3) is 0 Å². The van der Waals surface area contributed by atoms with Crippen molar-refractivity contribution in [3.05, 3.63) is 59.2 Å². The van der Waals surface area contributed by atoms with Crippen molar-refractivity contribution in [2.24, 2.45) is 0 Å². The van der Waals surface area contributed by atoms with Gasteiger partial charge in [-0.2, -0.15) is 5.26 Å². The highest BCUT2D eigenvalue weighted by Crippen LogP contribution is 2.29. The fourth-order valence-electron chi connectivity index (χ4n) is 1.96. The normalized spacial score (nSPS) is 10.9. The van der Waals surface area contributed by atoms with Gasteiger partial charge in [-0.25, -0.2) is 0 Å². The van der Waals surface area contributed by atoms with E-state index < -0.39 is 6.36 Å². The highest BCUT2D eigenvalue weighted by Gasteiger charge is 2.31. The molecule has 0 bridgehead atoms. The lowest BCUT2D eigenvalue weighted by Crippen LogP contribution is -2.17. The van der Waals surface area contributed by atoms with Gasteiger partial charge in [0.15, 0.2) is 0 Å². The van der Waals surface area contributed by atoms with E-state index in [0.29, 0.717) is 11.3 Å². The van der Waals surface area contributed by atoms with E-state index >= 15 is 0 Å². The maximum absolute atomic E-state index is 12.2. The van der Waals surface area contributed by atoms with Crippen LogP contribution >= 0.6 is 0 Å². The lowest BCUT2D eigenvalue weighted by atomic mass is 10.1.